The lowest BCUT2D eigenvalue weighted by molar-refractivity contribution is -0.170. The normalized spacial score (nSPS) is 31.4. The fourth-order valence-electron chi connectivity index (χ4n) is 5.94. The van der Waals surface area contributed by atoms with E-state index < -0.39 is 37.6 Å². The van der Waals surface area contributed by atoms with Crippen molar-refractivity contribution in [2.75, 3.05) is 21.3 Å². The summed E-state index contributed by atoms with van der Waals surface area (Å²) in [5.41, 5.74) is -1.31. The Kier molecular flexibility index (Phi) is 9.98. The first kappa shape index (κ1) is 30.9. The number of rotatable bonds is 10. The lowest BCUT2D eigenvalue weighted by Gasteiger charge is -2.52. The fraction of sp³-hybridized carbons (Fsp3) is 0.889. The highest BCUT2D eigenvalue weighted by atomic mass is 28.4. The molecule has 0 N–H and O–H groups in total. The molecule has 2 rings (SSSR count). The largest absolute Gasteiger partial charge is 0.469 e. The summed E-state index contributed by atoms with van der Waals surface area (Å²) in [6, 6.07) is 0. The molecule has 2 aliphatic rings. The van der Waals surface area contributed by atoms with Crippen LogP contribution in [0.25, 0.3) is 0 Å². The molecule has 1 heterocycles. The van der Waals surface area contributed by atoms with E-state index in [1.165, 1.54) is 21.3 Å². The highest BCUT2D eigenvalue weighted by Gasteiger charge is 2.60. The van der Waals surface area contributed by atoms with Crippen LogP contribution < -0.4 is 0 Å². The van der Waals surface area contributed by atoms with Crippen LogP contribution in [0.5, 0.6) is 0 Å². The first-order valence-corrected chi connectivity index (χ1v) is 16.0. The van der Waals surface area contributed by atoms with Crippen LogP contribution in [0.4, 0.5) is 0 Å². The molecule has 1 aliphatic heterocycles. The maximum atomic E-state index is 13.7. The summed E-state index contributed by atoms with van der Waals surface area (Å²) in [5.74, 6) is -1.38. The third kappa shape index (κ3) is 6.39. The molecule has 8 nitrogen and oxygen atoms in total. The summed E-state index contributed by atoms with van der Waals surface area (Å²) in [5, 5.41) is -0.0711. The molecule has 0 radical (unpaired) electrons. The zero-order chi connectivity index (χ0) is 27.5. The lowest BCUT2D eigenvalue weighted by atomic mass is 9.50. The van der Waals surface area contributed by atoms with Gasteiger partial charge in [-0.2, -0.15) is 0 Å². The van der Waals surface area contributed by atoms with E-state index in [2.05, 4.69) is 40.8 Å². The third-order valence-electron chi connectivity index (χ3n) is 9.25. The van der Waals surface area contributed by atoms with Gasteiger partial charge in [0.1, 0.15) is 5.78 Å². The number of esters is 2. The van der Waals surface area contributed by atoms with Crippen molar-refractivity contribution in [3.8, 4) is 0 Å². The molecule has 9 heteroatoms. The van der Waals surface area contributed by atoms with Crippen molar-refractivity contribution < 1.29 is 37.8 Å². The minimum absolute atomic E-state index is 0.0403. The van der Waals surface area contributed by atoms with E-state index in [9.17, 15) is 14.4 Å². The van der Waals surface area contributed by atoms with Gasteiger partial charge in [-0.3, -0.25) is 14.4 Å². The Bertz CT molecular complexity index is 802. The second-order valence-corrected chi connectivity index (χ2v) is 17.3. The number of hydrogen-bond donors (Lipinski definition) is 0. The van der Waals surface area contributed by atoms with Crippen molar-refractivity contribution in [1.29, 1.82) is 0 Å². The molecule has 1 saturated heterocycles. The Balaban J connectivity index is 2.43. The van der Waals surface area contributed by atoms with E-state index >= 15 is 0 Å². The molecule has 0 aromatic rings. The molecule has 0 amide bonds. The number of carbonyl (C=O) groups is 3. The van der Waals surface area contributed by atoms with Crippen molar-refractivity contribution in [3.05, 3.63) is 0 Å². The molecule has 0 spiro atoms. The Morgan fingerprint density at radius 2 is 1.72 bits per heavy atom. The molecule has 1 saturated carbocycles. The van der Waals surface area contributed by atoms with Gasteiger partial charge in [0.2, 0.25) is 0 Å². The zero-order valence-corrected chi connectivity index (χ0v) is 25.0. The Morgan fingerprint density at radius 3 is 2.25 bits per heavy atom. The topological polar surface area (TPSA) is 97.4 Å². The predicted molar refractivity (Wildman–Crippen MR) is 139 cm³/mol. The summed E-state index contributed by atoms with van der Waals surface area (Å²) in [6.45, 7) is 14.7. The minimum Gasteiger partial charge on any atom is -0.469 e. The minimum atomic E-state index is -2.27. The van der Waals surface area contributed by atoms with Crippen LogP contribution in [0.2, 0.25) is 18.1 Å². The molecule has 0 aromatic carbocycles. The first-order chi connectivity index (χ1) is 16.6. The number of methoxy groups -OCH3 is 3. The molecule has 36 heavy (non-hydrogen) atoms. The van der Waals surface area contributed by atoms with Crippen molar-refractivity contribution in [3.63, 3.8) is 0 Å². The number of carbonyl (C=O) groups excluding carboxylic acids is 3. The van der Waals surface area contributed by atoms with Crippen molar-refractivity contribution in [2.45, 2.75) is 110 Å². The number of cyclic esters (lactones) is 1. The average molecular weight is 529 g/mol. The van der Waals surface area contributed by atoms with E-state index in [-0.39, 0.29) is 41.5 Å². The smallest absolute Gasteiger partial charge is 0.311 e. The number of ketones is 1. The quantitative estimate of drug-likeness (QED) is 0.216. The summed E-state index contributed by atoms with van der Waals surface area (Å²) in [7, 11) is 2.14. The number of fused-ring (bicyclic) bond motifs is 1. The van der Waals surface area contributed by atoms with Crippen molar-refractivity contribution >= 4 is 26.0 Å². The monoisotopic (exact) mass is 528 g/mol. The highest BCUT2D eigenvalue weighted by Crippen LogP contribution is 2.59. The van der Waals surface area contributed by atoms with Gasteiger partial charge in [0.05, 0.1) is 24.9 Å². The summed E-state index contributed by atoms with van der Waals surface area (Å²) >= 11 is 0. The van der Waals surface area contributed by atoms with Crippen molar-refractivity contribution in [1.82, 2.24) is 0 Å². The third-order valence-corrected chi connectivity index (χ3v) is 13.7. The van der Waals surface area contributed by atoms with Crippen molar-refractivity contribution in [2.24, 2.45) is 22.7 Å². The van der Waals surface area contributed by atoms with Gasteiger partial charge in [-0.05, 0) is 55.7 Å². The lowest BCUT2D eigenvalue weighted by Crippen LogP contribution is -2.52. The maximum absolute atomic E-state index is 13.7. The van der Waals surface area contributed by atoms with Crippen LogP contribution in [-0.2, 0) is 37.8 Å². The van der Waals surface area contributed by atoms with Gasteiger partial charge in [0, 0.05) is 27.1 Å². The van der Waals surface area contributed by atoms with E-state index in [0.29, 0.717) is 19.3 Å². The van der Waals surface area contributed by atoms with Crippen LogP contribution in [0, 0.1) is 22.7 Å². The van der Waals surface area contributed by atoms with Gasteiger partial charge in [-0.15, -0.1) is 0 Å². The zero-order valence-electron chi connectivity index (χ0n) is 24.0. The molecule has 2 fully saturated rings. The molecule has 5 atom stereocenters. The Hall–Kier alpha value is -1.29. The Labute approximate surface area is 218 Å². The number of hydrogen-bond acceptors (Lipinski definition) is 8. The highest BCUT2D eigenvalue weighted by molar-refractivity contribution is 6.74. The first-order valence-electron chi connectivity index (χ1n) is 13.1. The van der Waals surface area contributed by atoms with E-state index in [1.54, 1.807) is 0 Å². The second kappa shape index (κ2) is 11.6. The number of Topliss-reactive ketones (excluding diaryl/α,β-unsaturated/α-hetero) is 1. The summed E-state index contributed by atoms with van der Waals surface area (Å²) in [6.07, 6.45) is 1.98. The van der Waals surface area contributed by atoms with E-state index in [4.69, 9.17) is 23.4 Å². The van der Waals surface area contributed by atoms with Gasteiger partial charge in [-0.1, -0.05) is 34.1 Å². The SMILES string of the molecule is COC(=O)[C@@]1(C)CCC[C@@]2(C)C1C[C@@H](O[Si](C)(C)C(C)(C)C)OC(=O)[C@@H]2CCC(=O)CC(OC)OC. The van der Waals surface area contributed by atoms with Crippen LogP contribution in [0.3, 0.4) is 0 Å². The maximum Gasteiger partial charge on any atom is 0.311 e. The molecule has 1 aliphatic carbocycles. The molecule has 1 unspecified atom stereocenters. The van der Waals surface area contributed by atoms with E-state index in [1.807, 2.05) is 6.92 Å². The molecule has 208 valence electrons. The van der Waals surface area contributed by atoms with E-state index in [0.717, 1.165) is 12.8 Å². The molecular formula is C27H48O8Si. The van der Waals surface area contributed by atoms with Crippen LogP contribution in [-0.4, -0.2) is 59.9 Å². The molecule has 0 bridgehead atoms. The predicted octanol–water partition coefficient (Wildman–Crippen LogP) is 5.24. The molecule has 0 aromatic heterocycles. The average Bonchev–Trinajstić information content (AvgIpc) is 2.88. The van der Waals surface area contributed by atoms with Gasteiger partial charge in [0.15, 0.2) is 20.9 Å². The Morgan fingerprint density at radius 1 is 1.11 bits per heavy atom. The second-order valence-electron chi connectivity index (χ2n) is 12.5. The van der Waals surface area contributed by atoms with Gasteiger partial charge >= 0.3 is 11.9 Å². The fourth-order valence-corrected chi connectivity index (χ4v) is 7.09. The van der Waals surface area contributed by atoms with Crippen LogP contribution in [0.15, 0.2) is 0 Å². The standard InChI is InChI=1S/C27H48O8Si/c1-25(2,3)36(9,10)35-22-17-20-26(4,14-11-15-27(20,5)24(30)33-8)19(23(29)34-22)13-12-18(28)16-21(31-6)32-7/h19-22H,11-17H2,1-10H3/t19-,20?,22+,26+,27-/m0/s1. The van der Waals surface area contributed by atoms with Crippen LogP contribution >= 0.6 is 0 Å². The van der Waals surface area contributed by atoms with Gasteiger partial charge in [-0.25, -0.2) is 0 Å². The van der Waals surface area contributed by atoms with Gasteiger partial charge in [0.25, 0.3) is 0 Å². The number of ether oxygens (including phenoxy) is 4. The summed E-state index contributed by atoms with van der Waals surface area (Å²) in [4.78, 5) is 39.5. The summed E-state index contributed by atoms with van der Waals surface area (Å²) < 4.78 is 28.2. The van der Waals surface area contributed by atoms with Gasteiger partial charge < -0.3 is 23.4 Å². The van der Waals surface area contributed by atoms with Crippen LogP contribution in [0.1, 0.15) is 79.6 Å². The molecular weight excluding hydrogens is 480 g/mol.